The van der Waals surface area contributed by atoms with Crippen LogP contribution >= 0.6 is 0 Å². The Balaban J connectivity index is 2.49. The Labute approximate surface area is 87.1 Å². The van der Waals surface area contributed by atoms with Crippen LogP contribution in [0.3, 0.4) is 0 Å². The number of H-pyrrole nitrogens is 1. The van der Waals surface area contributed by atoms with Gasteiger partial charge < -0.3 is 4.74 Å². The lowest BCUT2D eigenvalue weighted by molar-refractivity contribution is 0.415. The molecule has 15 heavy (non-hydrogen) atoms. The van der Waals surface area contributed by atoms with Gasteiger partial charge >= 0.3 is 0 Å². The zero-order valence-electron chi connectivity index (χ0n) is 8.65. The molecule has 1 N–H and O–H groups in total. The van der Waals surface area contributed by atoms with Crippen molar-refractivity contribution >= 4 is 0 Å². The number of hydrogen-bond donors (Lipinski definition) is 1. The number of rotatable bonds is 2. The minimum Gasteiger partial charge on any atom is -0.497 e. The summed E-state index contributed by atoms with van der Waals surface area (Å²) < 4.78 is 6.55. The number of hydrogen-bond acceptors (Lipinski definition) is 2. The van der Waals surface area contributed by atoms with Crippen molar-refractivity contribution < 1.29 is 4.74 Å². The Morgan fingerprint density at radius 2 is 2.13 bits per heavy atom. The van der Waals surface area contributed by atoms with Crippen LogP contribution in [-0.4, -0.2) is 16.9 Å². The Morgan fingerprint density at radius 1 is 1.33 bits per heavy atom. The fraction of sp³-hybridized carbons (Fsp3) is 0.182. The highest BCUT2D eigenvalue weighted by Gasteiger charge is 2.03. The average Bonchev–Trinajstić information content (AvgIpc) is 2.59. The van der Waals surface area contributed by atoms with Gasteiger partial charge in [0.15, 0.2) is 0 Å². The third kappa shape index (κ3) is 1.79. The van der Waals surface area contributed by atoms with E-state index in [0.717, 1.165) is 17.0 Å². The molecule has 1 aromatic heterocycles. The molecule has 0 radical (unpaired) electrons. The van der Waals surface area contributed by atoms with Gasteiger partial charge in [0.2, 0.25) is 0 Å². The number of ether oxygens (including phenoxy) is 1. The molecule has 0 aliphatic rings. The van der Waals surface area contributed by atoms with Crippen LogP contribution in [0.4, 0.5) is 0 Å². The number of benzene rings is 1. The molecule has 0 aliphatic carbocycles. The van der Waals surface area contributed by atoms with Crippen molar-refractivity contribution in [1.29, 1.82) is 0 Å². The van der Waals surface area contributed by atoms with E-state index in [9.17, 15) is 4.79 Å². The number of methoxy groups -OCH3 is 1. The lowest BCUT2D eigenvalue weighted by atomic mass is 10.1. The SMILES string of the molecule is COc1cccc(-c2cc(=O)n(C)[nH]2)c1. The number of aromatic amines is 1. The Morgan fingerprint density at radius 3 is 2.73 bits per heavy atom. The molecule has 78 valence electrons. The van der Waals surface area contributed by atoms with Crippen molar-refractivity contribution in [3.63, 3.8) is 0 Å². The zero-order valence-corrected chi connectivity index (χ0v) is 8.65. The number of aryl methyl sites for hydroxylation is 1. The molecular weight excluding hydrogens is 192 g/mol. The molecule has 1 aromatic carbocycles. The number of nitrogens with one attached hydrogen (secondary N) is 1. The quantitative estimate of drug-likeness (QED) is 0.803. The van der Waals surface area contributed by atoms with E-state index in [1.807, 2.05) is 24.3 Å². The maximum atomic E-state index is 11.3. The summed E-state index contributed by atoms with van der Waals surface area (Å²) in [6.45, 7) is 0. The van der Waals surface area contributed by atoms with Crippen LogP contribution in [0, 0.1) is 0 Å². The molecule has 0 aliphatic heterocycles. The molecule has 4 nitrogen and oxygen atoms in total. The zero-order chi connectivity index (χ0) is 10.8. The standard InChI is InChI=1S/C11H12N2O2/c1-13-11(14)7-10(12-13)8-4-3-5-9(6-8)15-2/h3-7,12H,1-2H3. The number of aromatic nitrogens is 2. The lowest BCUT2D eigenvalue weighted by Gasteiger charge is -2.01. The van der Waals surface area contributed by atoms with Crippen molar-refractivity contribution in [2.45, 2.75) is 0 Å². The van der Waals surface area contributed by atoms with Gasteiger partial charge in [-0.2, -0.15) is 0 Å². The molecule has 2 rings (SSSR count). The van der Waals surface area contributed by atoms with Crippen molar-refractivity contribution in [2.75, 3.05) is 7.11 Å². The van der Waals surface area contributed by atoms with Gasteiger partial charge in [-0.05, 0) is 12.1 Å². The van der Waals surface area contributed by atoms with E-state index in [1.165, 1.54) is 4.68 Å². The maximum absolute atomic E-state index is 11.3. The molecule has 0 saturated carbocycles. The molecular formula is C11H12N2O2. The summed E-state index contributed by atoms with van der Waals surface area (Å²) >= 11 is 0. The second-order valence-corrected chi connectivity index (χ2v) is 3.30. The molecule has 0 saturated heterocycles. The van der Waals surface area contributed by atoms with Crippen molar-refractivity contribution in [3.8, 4) is 17.0 Å². The Bertz CT molecular complexity index is 525. The summed E-state index contributed by atoms with van der Waals surface area (Å²) in [6.07, 6.45) is 0. The molecule has 0 bridgehead atoms. The molecule has 0 fully saturated rings. The fourth-order valence-electron chi connectivity index (χ4n) is 1.43. The van der Waals surface area contributed by atoms with Crippen LogP contribution in [0.25, 0.3) is 11.3 Å². The van der Waals surface area contributed by atoms with Crippen LogP contribution in [0.15, 0.2) is 35.1 Å². The maximum Gasteiger partial charge on any atom is 0.266 e. The monoisotopic (exact) mass is 204 g/mol. The Kier molecular flexibility index (Phi) is 2.33. The summed E-state index contributed by atoms with van der Waals surface area (Å²) in [6, 6.07) is 9.12. The van der Waals surface area contributed by atoms with E-state index in [4.69, 9.17) is 4.74 Å². The molecule has 2 aromatic rings. The van der Waals surface area contributed by atoms with Gasteiger partial charge in [-0.3, -0.25) is 14.6 Å². The first kappa shape index (κ1) is 9.58. The van der Waals surface area contributed by atoms with Gasteiger partial charge in [0.05, 0.1) is 12.8 Å². The van der Waals surface area contributed by atoms with E-state index in [-0.39, 0.29) is 5.56 Å². The van der Waals surface area contributed by atoms with Crippen LogP contribution in [0.5, 0.6) is 5.75 Å². The van der Waals surface area contributed by atoms with E-state index in [0.29, 0.717) is 0 Å². The second kappa shape index (κ2) is 3.65. The first-order valence-electron chi connectivity index (χ1n) is 4.61. The third-order valence-corrected chi connectivity index (χ3v) is 2.27. The first-order chi connectivity index (χ1) is 7.20. The van der Waals surface area contributed by atoms with Crippen LogP contribution in [0.1, 0.15) is 0 Å². The normalized spacial score (nSPS) is 10.3. The van der Waals surface area contributed by atoms with Gasteiger partial charge in [-0.15, -0.1) is 0 Å². The minimum absolute atomic E-state index is 0.0483. The van der Waals surface area contributed by atoms with E-state index in [2.05, 4.69) is 5.10 Å². The van der Waals surface area contributed by atoms with E-state index >= 15 is 0 Å². The summed E-state index contributed by atoms with van der Waals surface area (Å²) in [5, 5.41) is 2.96. The molecule has 1 heterocycles. The number of nitrogens with zero attached hydrogens (tertiary/aromatic N) is 1. The highest BCUT2D eigenvalue weighted by atomic mass is 16.5. The lowest BCUT2D eigenvalue weighted by Crippen LogP contribution is -2.09. The van der Waals surface area contributed by atoms with Gasteiger partial charge in [0.1, 0.15) is 5.75 Å². The molecule has 0 spiro atoms. The third-order valence-electron chi connectivity index (χ3n) is 2.27. The summed E-state index contributed by atoms with van der Waals surface area (Å²) in [5.74, 6) is 0.775. The van der Waals surface area contributed by atoms with E-state index in [1.54, 1.807) is 20.2 Å². The van der Waals surface area contributed by atoms with Gasteiger partial charge in [-0.1, -0.05) is 12.1 Å². The fourth-order valence-corrected chi connectivity index (χ4v) is 1.43. The molecule has 4 heteroatoms. The topological polar surface area (TPSA) is 47.0 Å². The van der Waals surface area contributed by atoms with Crippen molar-refractivity contribution in [3.05, 3.63) is 40.7 Å². The largest absolute Gasteiger partial charge is 0.497 e. The van der Waals surface area contributed by atoms with Crippen LogP contribution in [0.2, 0.25) is 0 Å². The Hall–Kier alpha value is -1.97. The highest BCUT2D eigenvalue weighted by molar-refractivity contribution is 5.60. The average molecular weight is 204 g/mol. The summed E-state index contributed by atoms with van der Waals surface area (Å²) in [4.78, 5) is 11.3. The minimum atomic E-state index is -0.0483. The smallest absolute Gasteiger partial charge is 0.266 e. The predicted molar refractivity (Wildman–Crippen MR) is 58.0 cm³/mol. The molecule has 0 unspecified atom stereocenters. The highest BCUT2D eigenvalue weighted by Crippen LogP contribution is 2.20. The second-order valence-electron chi connectivity index (χ2n) is 3.30. The van der Waals surface area contributed by atoms with Gasteiger partial charge in [0.25, 0.3) is 5.56 Å². The van der Waals surface area contributed by atoms with Gasteiger partial charge in [-0.25, -0.2) is 0 Å². The van der Waals surface area contributed by atoms with Crippen LogP contribution in [-0.2, 0) is 7.05 Å². The van der Waals surface area contributed by atoms with Gasteiger partial charge in [0, 0.05) is 18.7 Å². The molecule has 0 atom stereocenters. The predicted octanol–water partition coefficient (Wildman–Crippen LogP) is 1.39. The van der Waals surface area contributed by atoms with Crippen molar-refractivity contribution in [1.82, 2.24) is 9.78 Å². The molecule has 0 amide bonds. The first-order valence-corrected chi connectivity index (χ1v) is 4.61. The van der Waals surface area contributed by atoms with Crippen molar-refractivity contribution in [2.24, 2.45) is 7.05 Å². The summed E-state index contributed by atoms with van der Waals surface area (Å²) in [7, 11) is 3.30. The summed E-state index contributed by atoms with van der Waals surface area (Å²) in [5.41, 5.74) is 1.68. The van der Waals surface area contributed by atoms with E-state index < -0.39 is 0 Å². The van der Waals surface area contributed by atoms with Crippen LogP contribution < -0.4 is 10.3 Å².